The summed E-state index contributed by atoms with van der Waals surface area (Å²) in [5, 5.41) is 5.51. The Hall–Kier alpha value is -2.08. The summed E-state index contributed by atoms with van der Waals surface area (Å²) >= 11 is 1.56. The Bertz CT molecular complexity index is 911. The molecule has 0 radical (unpaired) electrons. The molecular formula is C17H20N4OS. The molecule has 3 aromatic rings. The van der Waals surface area contributed by atoms with Crippen molar-refractivity contribution in [3.8, 4) is 5.69 Å². The van der Waals surface area contributed by atoms with Crippen LogP contribution in [0, 0.1) is 19.8 Å². The largest absolute Gasteiger partial charge is 0.301 e. The van der Waals surface area contributed by atoms with E-state index in [2.05, 4.69) is 54.9 Å². The monoisotopic (exact) mass is 328 g/mol. The Morgan fingerprint density at radius 1 is 1.26 bits per heavy atom. The molecule has 0 aliphatic heterocycles. The van der Waals surface area contributed by atoms with Crippen LogP contribution in [-0.2, 0) is 0 Å². The molecule has 3 rings (SSSR count). The normalized spacial score (nSPS) is 11.5. The van der Waals surface area contributed by atoms with Crippen LogP contribution in [0.1, 0.15) is 25.0 Å². The second kappa shape index (κ2) is 6.20. The Kier molecular flexibility index (Phi) is 4.26. The molecule has 0 bridgehead atoms. The number of aromatic amines is 1. The minimum atomic E-state index is -0.142. The lowest BCUT2D eigenvalue weighted by Gasteiger charge is -2.07. The van der Waals surface area contributed by atoms with Crippen molar-refractivity contribution in [1.82, 2.24) is 19.7 Å². The lowest BCUT2D eigenvalue weighted by atomic mass is 10.1. The molecule has 1 aromatic carbocycles. The summed E-state index contributed by atoms with van der Waals surface area (Å²) in [7, 11) is 0. The van der Waals surface area contributed by atoms with Gasteiger partial charge in [-0.3, -0.25) is 4.79 Å². The lowest BCUT2D eigenvalue weighted by molar-refractivity contribution is 0.747. The van der Waals surface area contributed by atoms with Gasteiger partial charge < -0.3 is 4.98 Å². The molecule has 0 saturated heterocycles. The SMILES string of the molecule is Cc1ccc(-n2ncc3c(=O)[nH]c(SCC(C)C)nc32)cc1C. The van der Waals surface area contributed by atoms with Crippen molar-refractivity contribution in [1.29, 1.82) is 0 Å². The number of aromatic nitrogens is 4. The van der Waals surface area contributed by atoms with Crippen molar-refractivity contribution >= 4 is 22.8 Å². The number of H-pyrrole nitrogens is 1. The van der Waals surface area contributed by atoms with E-state index in [1.165, 1.54) is 11.1 Å². The van der Waals surface area contributed by atoms with Crippen LogP contribution in [0.15, 0.2) is 34.3 Å². The highest BCUT2D eigenvalue weighted by molar-refractivity contribution is 7.99. The molecule has 0 fully saturated rings. The van der Waals surface area contributed by atoms with Gasteiger partial charge in [0.25, 0.3) is 5.56 Å². The van der Waals surface area contributed by atoms with Gasteiger partial charge in [-0.25, -0.2) is 9.67 Å². The van der Waals surface area contributed by atoms with Crippen molar-refractivity contribution in [3.63, 3.8) is 0 Å². The van der Waals surface area contributed by atoms with E-state index < -0.39 is 0 Å². The van der Waals surface area contributed by atoms with E-state index in [0.29, 0.717) is 22.1 Å². The van der Waals surface area contributed by atoms with E-state index in [0.717, 1.165) is 11.4 Å². The molecule has 2 heterocycles. The predicted octanol–water partition coefficient (Wildman–Crippen LogP) is 3.47. The summed E-state index contributed by atoms with van der Waals surface area (Å²) in [4.78, 5) is 19.7. The van der Waals surface area contributed by atoms with Gasteiger partial charge in [0.2, 0.25) is 0 Å². The fraction of sp³-hybridized carbons (Fsp3) is 0.353. The first-order valence-corrected chi connectivity index (χ1v) is 8.62. The molecule has 0 amide bonds. The van der Waals surface area contributed by atoms with Gasteiger partial charge >= 0.3 is 0 Å². The van der Waals surface area contributed by atoms with E-state index in [-0.39, 0.29) is 5.56 Å². The van der Waals surface area contributed by atoms with Crippen LogP contribution in [0.3, 0.4) is 0 Å². The summed E-state index contributed by atoms with van der Waals surface area (Å²) in [6.45, 7) is 8.42. The third-order valence-electron chi connectivity index (χ3n) is 3.70. The molecule has 6 heteroatoms. The smallest absolute Gasteiger partial charge is 0.262 e. The van der Waals surface area contributed by atoms with Gasteiger partial charge in [0, 0.05) is 5.75 Å². The van der Waals surface area contributed by atoms with Gasteiger partial charge in [-0.05, 0) is 43.0 Å². The molecule has 0 unspecified atom stereocenters. The van der Waals surface area contributed by atoms with Crippen LogP contribution in [0.5, 0.6) is 0 Å². The molecule has 23 heavy (non-hydrogen) atoms. The van der Waals surface area contributed by atoms with E-state index >= 15 is 0 Å². The average molecular weight is 328 g/mol. The molecule has 5 nitrogen and oxygen atoms in total. The van der Waals surface area contributed by atoms with Crippen LogP contribution >= 0.6 is 11.8 Å². The quantitative estimate of drug-likeness (QED) is 0.588. The molecular weight excluding hydrogens is 308 g/mol. The van der Waals surface area contributed by atoms with Crippen molar-refractivity contribution in [2.45, 2.75) is 32.9 Å². The van der Waals surface area contributed by atoms with Gasteiger partial charge in [0.05, 0.1) is 11.9 Å². The lowest BCUT2D eigenvalue weighted by Crippen LogP contribution is -2.10. The molecule has 1 N–H and O–H groups in total. The number of nitrogens with one attached hydrogen (secondary N) is 1. The number of hydrogen-bond donors (Lipinski definition) is 1. The maximum Gasteiger partial charge on any atom is 0.262 e. The summed E-state index contributed by atoms with van der Waals surface area (Å²) in [5.41, 5.74) is 3.79. The van der Waals surface area contributed by atoms with Crippen LogP contribution in [0.25, 0.3) is 16.7 Å². The maximum atomic E-state index is 12.2. The van der Waals surface area contributed by atoms with Crippen molar-refractivity contribution in [2.24, 2.45) is 5.92 Å². The maximum absolute atomic E-state index is 12.2. The summed E-state index contributed by atoms with van der Waals surface area (Å²) < 4.78 is 1.73. The Morgan fingerprint density at radius 3 is 2.74 bits per heavy atom. The zero-order valence-electron chi connectivity index (χ0n) is 13.8. The third-order valence-corrected chi connectivity index (χ3v) is 5.00. The predicted molar refractivity (Wildman–Crippen MR) is 94.5 cm³/mol. The van der Waals surface area contributed by atoms with Crippen molar-refractivity contribution in [3.05, 3.63) is 45.9 Å². The minimum Gasteiger partial charge on any atom is -0.301 e. The number of benzene rings is 1. The van der Waals surface area contributed by atoms with Crippen LogP contribution in [-0.4, -0.2) is 25.5 Å². The Balaban J connectivity index is 2.10. The summed E-state index contributed by atoms with van der Waals surface area (Å²) in [5.74, 6) is 1.44. The van der Waals surface area contributed by atoms with Gasteiger partial charge in [-0.1, -0.05) is 31.7 Å². The van der Waals surface area contributed by atoms with Gasteiger partial charge in [-0.15, -0.1) is 0 Å². The van der Waals surface area contributed by atoms with Crippen LogP contribution in [0.4, 0.5) is 0 Å². The minimum absolute atomic E-state index is 0.142. The first-order chi connectivity index (χ1) is 11.0. The second-order valence-corrected chi connectivity index (χ2v) is 7.15. The van der Waals surface area contributed by atoms with E-state index in [1.807, 2.05) is 6.07 Å². The second-order valence-electron chi connectivity index (χ2n) is 6.14. The zero-order valence-corrected chi connectivity index (χ0v) is 14.6. The van der Waals surface area contributed by atoms with Gasteiger partial charge in [0.15, 0.2) is 10.8 Å². The third kappa shape index (κ3) is 3.17. The number of thioether (sulfide) groups is 1. The molecule has 120 valence electrons. The standard InChI is InChI=1S/C17H20N4OS/c1-10(2)9-23-17-19-15-14(16(22)20-17)8-18-21(15)13-6-5-11(3)12(4)7-13/h5-8,10H,9H2,1-4H3,(H,19,20,22). The highest BCUT2D eigenvalue weighted by Gasteiger charge is 2.12. The number of fused-ring (bicyclic) bond motifs is 1. The van der Waals surface area contributed by atoms with Gasteiger partial charge in [0.1, 0.15) is 5.39 Å². The summed E-state index contributed by atoms with van der Waals surface area (Å²) in [6, 6.07) is 6.12. The first kappa shape index (κ1) is 15.8. The Labute approximate surface area is 139 Å². The molecule has 0 spiro atoms. The number of nitrogens with zero attached hydrogens (tertiary/aromatic N) is 3. The fourth-order valence-corrected chi connectivity index (χ4v) is 3.07. The highest BCUT2D eigenvalue weighted by atomic mass is 32.2. The topological polar surface area (TPSA) is 63.6 Å². The number of hydrogen-bond acceptors (Lipinski definition) is 4. The fourth-order valence-electron chi connectivity index (χ4n) is 2.26. The van der Waals surface area contributed by atoms with Crippen molar-refractivity contribution < 1.29 is 0 Å². The Morgan fingerprint density at radius 2 is 2.04 bits per heavy atom. The van der Waals surface area contributed by atoms with Crippen LogP contribution < -0.4 is 5.56 Å². The number of rotatable bonds is 4. The molecule has 2 aromatic heterocycles. The van der Waals surface area contributed by atoms with Crippen LogP contribution in [0.2, 0.25) is 0 Å². The zero-order chi connectivity index (χ0) is 16.6. The summed E-state index contributed by atoms with van der Waals surface area (Å²) in [6.07, 6.45) is 1.58. The van der Waals surface area contributed by atoms with Crippen molar-refractivity contribution in [2.75, 3.05) is 5.75 Å². The first-order valence-electron chi connectivity index (χ1n) is 7.64. The highest BCUT2D eigenvalue weighted by Crippen LogP contribution is 2.20. The van der Waals surface area contributed by atoms with E-state index in [1.54, 1.807) is 22.6 Å². The van der Waals surface area contributed by atoms with Gasteiger partial charge in [-0.2, -0.15) is 5.10 Å². The molecule has 0 aliphatic carbocycles. The van der Waals surface area contributed by atoms with E-state index in [4.69, 9.17) is 0 Å². The average Bonchev–Trinajstić information content (AvgIpc) is 2.92. The molecule has 0 saturated carbocycles. The molecule has 0 aliphatic rings. The molecule has 0 atom stereocenters. The van der Waals surface area contributed by atoms with E-state index in [9.17, 15) is 4.79 Å². The number of aryl methyl sites for hydroxylation is 2.